The number of ether oxygens (including phenoxy) is 1. The second-order valence-electron chi connectivity index (χ2n) is 9.32. The monoisotopic (exact) mass is 428 g/mol. The summed E-state index contributed by atoms with van der Waals surface area (Å²) in [5.41, 5.74) is 1.52. The van der Waals surface area contributed by atoms with Crippen LogP contribution in [0, 0.1) is 11.3 Å². The maximum absolute atomic E-state index is 12.6. The van der Waals surface area contributed by atoms with Crippen molar-refractivity contribution in [1.82, 2.24) is 20.1 Å². The van der Waals surface area contributed by atoms with Crippen molar-refractivity contribution >= 4 is 12.0 Å². The second kappa shape index (κ2) is 9.98. The molecule has 1 aromatic heterocycles. The summed E-state index contributed by atoms with van der Waals surface area (Å²) in [4.78, 5) is 33.0. The molecule has 0 bridgehead atoms. The summed E-state index contributed by atoms with van der Waals surface area (Å²) in [6.07, 6.45) is 10.7. The van der Waals surface area contributed by atoms with E-state index >= 15 is 0 Å². The fourth-order valence-electron chi connectivity index (χ4n) is 5.41. The Morgan fingerprint density at radius 3 is 2.55 bits per heavy atom. The van der Waals surface area contributed by atoms with E-state index in [2.05, 4.69) is 15.2 Å². The highest BCUT2D eigenvalue weighted by Gasteiger charge is 2.58. The van der Waals surface area contributed by atoms with Crippen LogP contribution in [0.5, 0.6) is 0 Å². The lowest BCUT2D eigenvalue weighted by atomic mass is 9.88. The zero-order valence-electron chi connectivity index (χ0n) is 18.7. The average molecular weight is 429 g/mol. The van der Waals surface area contributed by atoms with Crippen molar-refractivity contribution in [3.63, 3.8) is 0 Å². The van der Waals surface area contributed by atoms with Crippen molar-refractivity contribution in [2.24, 2.45) is 11.3 Å². The fourth-order valence-corrected chi connectivity index (χ4v) is 5.41. The molecule has 1 N–H and O–H groups in total. The number of nitrogens with one attached hydrogen (secondary N) is 1. The van der Waals surface area contributed by atoms with Crippen LogP contribution in [-0.4, -0.2) is 72.2 Å². The van der Waals surface area contributed by atoms with Gasteiger partial charge in [0.25, 0.3) is 0 Å². The predicted octanol–water partition coefficient (Wildman–Crippen LogP) is 2.85. The first-order valence-corrected chi connectivity index (χ1v) is 11.9. The molecule has 1 spiro atoms. The Hall–Kier alpha value is -2.15. The minimum Gasteiger partial charge on any atom is -0.450 e. The van der Waals surface area contributed by atoms with Gasteiger partial charge in [-0.25, -0.2) is 4.79 Å². The van der Waals surface area contributed by atoms with Gasteiger partial charge in [0.05, 0.1) is 6.61 Å². The van der Waals surface area contributed by atoms with Crippen LogP contribution in [0.1, 0.15) is 51.0 Å². The van der Waals surface area contributed by atoms with Crippen LogP contribution in [0.25, 0.3) is 0 Å². The molecule has 7 nitrogen and oxygen atoms in total. The molecule has 0 aromatic carbocycles. The molecular formula is C24H36N4O3. The molecule has 1 aliphatic carbocycles. The van der Waals surface area contributed by atoms with Gasteiger partial charge in [-0.2, -0.15) is 0 Å². The van der Waals surface area contributed by atoms with Gasteiger partial charge in [-0.1, -0.05) is 0 Å². The maximum Gasteiger partial charge on any atom is 0.409 e. The summed E-state index contributed by atoms with van der Waals surface area (Å²) < 4.78 is 5.12. The zero-order chi connectivity index (χ0) is 21.7. The Morgan fingerprint density at radius 1 is 1.16 bits per heavy atom. The van der Waals surface area contributed by atoms with E-state index < -0.39 is 0 Å². The van der Waals surface area contributed by atoms with Gasteiger partial charge < -0.3 is 19.9 Å². The van der Waals surface area contributed by atoms with Gasteiger partial charge in [-0.15, -0.1) is 0 Å². The number of hydrogen-bond donors (Lipinski definition) is 1. The maximum atomic E-state index is 12.6. The van der Waals surface area contributed by atoms with Gasteiger partial charge in [0.15, 0.2) is 0 Å². The van der Waals surface area contributed by atoms with E-state index in [9.17, 15) is 9.59 Å². The second-order valence-corrected chi connectivity index (χ2v) is 9.32. The average Bonchev–Trinajstić information content (AvgIpc) is 3.51. The number of rotatable bonds is 7. The molecule has 2 amide bonds. The molecule has 2 aliphatic heterocycles. The van der Waals surface area contributed by atoms with Crippen LogP contribution in [0.15, 0.2) is 24.5 Å². The molecule has 1 unspecified atom stereocenters. The lowest BCUT2D eigenvalue weighted by Crippen LogP contribution is -2.49. The molecule has 1 atom stereocenters. The number of carbonyl (C=O) groups is 2. The Balaban J connectivity index is 1.14. The van der Waals surface area contributed by atoms with Crippen molar-refractivity contribution in [1.29, 1.82) is 0 Å². The van der Waals surface area contributed by atoms with Crippen molar-refractivity contribution in [3.05, 3.63) is 30.1 Å². The Kier molecular flexibility index (Phi) is 7.10. The highest BCUT2D eigenvalue weighted by atomic mass is 16.6. The number of piperidine rings is 2. The summed E-state index contributed by atoms with van der Waals surface area (Å²) >= 11 is 0. The number of likely N-dealkylation sites (tertiary alicyclic amines) is 2. The minimum absolute atomic E-state index is 0.175. The molecule has 1 saturated carbocycles. The van der Waals surface area contributed by atoms with Crippen LogP contribution in [0.4, 0.5) is 4.79 Å². The highest BCUT2D eigenvalue weighted by molar-refractivity contribution is 5.82. The van der Waals surface area contributed by atoms with E-state index in [4.69, 9.17) is 4.74 Å². The van der Waals surface area contributed by atoms with E-state index in [1.54, 1.807) is 0 Å². The molecule has 3 heterocycles. The Morgan fingerprint density at radius 2 is 1.87 bits per heavy atom. The van der Waals surface area contributed by atoms with E-state index in [-0.39, 0.29) is 23.3 Å². The number of amides is 2. The van der Waals surface area contributed by atoms with Gasteiger partial charge in [0, 0.05) is 44.0 Å². The molecule has 0 radical (unpaired) electrons. The Bertz CT molecular complexity index is 740. The minimum atomic E-state index is -0.175. The summed E-state index contributed by atoms with van der Waals surface area (Å²) in [6, 6.07) is 4.63. The standard InChI is InChI=1S/C24H36N4O3/c1-2-31-23(30)28-14-7-20(8-15-28)27-16-9-24(10-17-27)18-21(24)22(29)26-11-3-4-19-5-12-25-13-6-19/h5-6,12-13,20-21H,2-4,7-11,14-18H2,1H3,(H,26,29). The predicted molar refractivity (Wildman–Crippen MR) is 119 cm³/mol. The number of hydrogen-bond acceptors (Lipinski definition) is 5. The van der Waals surface area contributed by atoms with Crippen LogP contribution in [-0.2, 0) is 16.0 Å². The SMILES string of the molecule is CCOC(=O)N1CCC(N2CCC3(CC2)CC3C(=O)NCCCc2ccncc2)CC1. The molecule has 1 aromatic rings. The molecule has 7 heteroatoms. The number of aryl methyl sites for hydroxylation is 1. The van der Waals surface area contributed by atoms with Crippen LogP contribution in [0.2, 0.25) is 0 Å². The topological polar surface area (TPSA) is 74.8 Å². The van der Waals surface area contributed by atoms with Crippen LogP contribution < -0.4 is 5.32 Å². The first-order valence-electron chi connectivity index (χ1n) is 11.9. The van der Waals surface area contributed by atoms with Crippen molar-refractivity contribution in [3.8, 4) is 0 Å². The van der Waals surface area contributed by atoms with Gasteiger partial charge in [0.1, 0.15) is 0 Å². The summed E-state index contributed by atoms with van der Waals surface area (Å²) in [6.45, 7) is 6.77. The third-order valence-electron chi connectivity index (χ3n) is 7.50. The normalized spacial score (nSPS) is 23.5. The quantitative estimate of drug-likeness (QED) is 0.676. The summed E-state index contributed by atoms with van der Waals surface area (Å²) in [5, 5.41) is 3.17. The number of nitrogens with zero attached hydrogens (tertiary/aromatic N) is 3. The highest BCUT2D eigenvalue weighted by Crippen LogP contribution is 2.59. The van der Waals surface area contributed by atoms with Crippen molar-refractivity contribution in [2.75, 3.05) is 39.3 Å². The first kappa shape index (κ1) is 22.1. The van der Waals surface area contributed by atoms with Crippen LogP contribution >= 0.6 is 0 Å². The van der Waals surface area contributed by atoms with E-state index in [1.165, 1.54) is 5.56 Å². The summed E-state index contributed by atoms with van der Waals surface area (Å²) in [7, 11) is 0. The smallest absolute Gasteiger partial charge is 0.409 e. The Labute approximate surface area is 185 Å². The molecule has 2 saturated heterocycles. The molecular weight excluding hydrogens is 392 g/mol. The zero-order valence-corrected chi connectivity index (χ0v) is 18.7. The van der Waals surface area contributed by atoms with Gasteiger partial charge in [0.2, 0.25) is 5.91 Å². The van der Waals surface area contributed by atoms with E-state index in [1.807, 2.05) is 36.4 Å². The summed E-state index contributed by atoms with van der Waals surface area (Å²) in [5.74, 6) is 0.465. The fraction of sp³-hybridized carbons (Fsp3) is 0.708. The number of carbonyl (C=O) groups excluding carboxylic acids is 2. The van der Waals surface area contributed by atoms with Gasteiger partial charge in [-0.3, -0.25) is 9.78 Å². The molecule has 3 aliphatic rings. The molecule has 31 heavy (non-hydrogen) atoms. The molecule has 170 valence electrons. The van der Waals surface area contributed by atoms with E-state index in [0.717, 1.165) is 77.7 Å². The lowest BCUT2D eigenvalue weighted by Gasteiger charge is -2.42. The van der Waals surface area contributed by atoms with Crippen molar-refractivity contribution in [2.45, 2.75) is 57.9 Å². The molecule has 4 rings (SSSR count). The van der Waals surface area contributed by atoms with Gasteiger partial charge >= 0.3 is 6.09 Å². The van der Waals surface area contributed by atoms with Gasteiger partial charge in [-0.05, 0) is 88.1 Å². The number of pyridine rings is 1. The first-order chi connectivity index (χ1) is 15.1. The largest absolute Gasteiger partial charge is 0.450 e. The molecule has 3 fully saturated rings. The van der Waals surface area contributed by atoms with E-state index in [0.29, 0.717) is 12.6 Å². The third-order valence-corrected chi connectivity index (χ3v) is 7.50. The van der Waals surface area contributed by atoms with Crippen LogP contribution in [0.3, 0.4) is 0 Å². The number of aromatic nitrogens is 1. The third kappa shape index (κ3) is 5.37. The van der Waals surface area contributed by atoms with Crippen molar-refractivity contribution < 1.29 is 14.3 Å². The lowest BCUT2D eigenvalue weighted by molar-refractivity contribution is -0.123.